The fourth-order valence-electron chi connectivity index (χ4n) is 5.38. The van der Waals surface area contributed by atoms with E-state index in [2.05, 4.69) is 25.9 Å². The predicted molar refractivity (Wildman–Crippen MR) is 160 cm³/mol. The van der Waals surface area contributed by atoms with Crippen LogP contribution in [0.4, 0.5) is 5.69 Å². The van der Waals surface area contributed by atoms with Crippen molar-refractivity contribution in [1.29, 1.82) is 0 Å². The van der Waals surface area contributed by atoms with Gasteiger partial charge in [0.25, 0.3) is 0 Å². The number of aromatic nitrogens is 2. The molecule has 3 aromatic rings. The summed E-state index contributed by atoms with van der Waals surface area (Å²) in [7, 11) is 4.66. The Labute approximate surface area is 245 Å². The number of amides is 2. The number of carbonyl (C=O) groups excluding carboxylic acids is 2. The Balaban J connectivity index is 1.77. The molecule has 0 aliphatic heterocycles. The first-order chi connectivity index (χ1) is 20.2. The van der Waals surface area contributed by atoms with Gasteiger partial charge in [-0.2, -0.15) is 0 Å². The third-order valence-electron chi connectivity index (χ3n) is 7.42. The number of aromatic amines is 1. The molecule has 0 saturated heterocycles. The summed E-state index contributed by atoms with van der Waals surface area (Å²) in [6, 6.07) is 5.88. The summed E-state index contributed by atoms with van der Waals surface area (Å²) in [6.45, 7) is 5.72. The normalized spacial score (nSPS) is 14.6. The standard InChI is InChI=1S/C31H39N5O6/c1-17(2)28(31(39)33-12-11-20-15-32-16-34-20)36-24-10-8-21-22(14-25(24)38)23(35-18(3)37)9-7-19-13-26(40-4)29(41-5)30(42-6)27(19)21/h8,10,13-17,23,28H,7,9,11-12H2,1-6H3,(H,32,34)(H,33,39)(H,35,37)(H,36,38)/t23-,28-/m1/s1. The summed E-state index contributed by atoms with van der Waals surface area (Å²) in [5, 5.41) is 9.15. The van der Waals surface area contributed by atoms with Crippen molar-refractivity contribution in [2.75, 3.05) is 33.2 Å². The summed E-state index contributed by atoms with van der Waals surface area (Å²) >= 11 is 0. The average molecular weight is 578 g/mol. The lowest BCUT2D eigenvalue weighted by Gasteiger charge is -2.22. The lowest BCUT2D eigenvalue weighted by Crippen LogP contribution is -2.44. The number of methoxy groups -OCH3 is 3. The van der Waals surface area contributed by atoms with Crippen molar-refractivity contribution in [3.05, 3.63) is 63.8 Å². The van der Waals surface area contributed by atoms with E-state index in [1.165, 1.54) is 13.0 Å². The van der Waals surface area contributed by atoms with Gasteiger partial charge in [0, 0.05) is 37.3 Å². The van der Waals surface area contributed by atoms with Crippen LogP contribution in [0.3, 0.4) is 0 Å². The lowest BCUT2D eigenvalue weighted by molar-refractivity contribution is -0.122. The molecule has 4 rings (SSSR count). The zero-order chi connectivity index (χ0) is 30.4. The SMILES string of the molecule is COc1cc2c(c(OC)c1OC)-c1ccc(N[C@@H](C(=O)NCCc3cnc[nH]3)C(C)C)c(=O)cc1[C@H](NC(C)=O)CC2. The molecule has 0 saturated carbocycles. The molecule has 0 radical (unpaired) electrons. The number of H-pyrrole nitrogens is 1. The Bertz CT molecular complexity index is 1490. The topological polar surface area (TPSA) is 144 Å². The second-order valence-corrected chi connectivity index (χ2v) is 10.6. The Kier molecular flexibility index (Phi) is 9.72. The number of aryl methyl sites for hydroxylation is 1. The van der Waals surface area contributed by atoms with Gasteiger partial charge in [0.1, 0.15) is 6.04 Å². The summed E-state index contributed by atoms with van der Waals surface area (Å²) in [4.78, 5) is 46.1. The maximum Gasteiger partial charge on any atom is 0.242 e. The van der Waals surface area contributed by atoms with Crippen LogP contribution in [0.25, 0.3) is 11.1 Å². The lowest BCUT2D eigenvalue weighted by atomic mass is 9.95. The van der Waals surface area contributed by atoms with Crippen molar-refractivity contribution in [3.8, 4) is 28.4 Å². The largest absolute Gasteiger partial charge is 0.493 e. The number of imidazole rings is 1. The zero-order valence-corrected chi connectivity index (χ0v) is 24.9. The highest BCUT2D eigenvalue weighted by Crippen LogP contribution is 2.50. The van der Waals surface area contributed by atoms with Gasteiger partial charge < -0.3 is 35.1 Å². The minimum Gasteiger partial charge on any atom is -0.493 e. The van der Waals surface area contributed by atoms with E-state index in [4.69, 9.17) is 14.2 Å². The third-order valence-corrected chi connectivity index (χ3v) is 7.42. The fourth-order valence-corrected chi connectivity index (χ4v) is 5.38. The van der Waals surface area contributed by atoms with Crippen molar-refractivity contribution >= 4 is 17.5 Å². The number of ether oxygens (including phenoxy) is 3. The molecular weight excluding hydrogens is 538 g/mol. The van der Waals surface area contributed by atoms with Crippen LogP contribution in [0.15, 0.2) is 41.6 Å². The number of hydrogen-bond donors (Lipinski definition) is 4. The number of fused-ring (bicyclic) bond motifs is 3. The van der Waals surface area contributed by atoms with Crippen molar-refractivity contribution in [3.63, 3.8) is 0 Å². The molecule has 0 spiro atoms. The summed E-state index contributed by atoms with van der Waals surface area (Å²) in [6.07, 6.45) is 5.07. The van der Waals surface area contributed by atoms with Gasteiger partial charge in [-0.25, -0.2) is 4.98 Å². The molecule has 1 aliphatic carbocycles. The second-order valence-electron chi connectivity index (χ2n) is 10.6. The van der Waals surface area contributed by atoms with Gasteiger partial charge in [-0.15, -0.1) is 0 Å². The first-order valence-corrected chi connectivity index (χ1v) is 14.0. The molecule has 11 heteroatoms. The van der Waals surface area contributed by atoms with Crippen LogP contribution in [0.5, 0.6) is 17.2 Å². The highest BCUT2D eigenvalue weighted by atomic mass is 16.5. The molecule has 11 nitrogen and oxygen atoms in total. The minimum atomic E-state index is -0.654. The van der Waals surface area contributed by atoms with Crippen LogP contribution in [-0.2, 0) is 22.4 Å². The Morgan fingerprint density at radius 2 is 1.86 bits per heavy atom. The van der Waals surface area contributed by atoms with E-state index in [9.17, 15) is 14.4 Å². The van der Waals surface area contributed by atoms with E-state index in [-0.39, 0.29) is 28.8 Å². The maximum atomic E-state index is 13.7. The van der Waals surface area contributed by atoms with Crippen LogP contribution >= 0.6 is 0 Å². The van der Waals surface area contributed by atoms with E-state index in [0.717, 1.165) is 16.8 Å². The van der Waals surface area contributed by atoms with Gasteiger partial charge >= 0.3 is 0 Å². The monoisotopic (exact) mass is 577 g/mol. The van der Waals surface area contributed by atoms with Crippen molar-refractivity contribution in [1.82, 2.24) is 20.6 Å². The molecule has 0 unspecified atom stereocenters. The predicted octanol–water partition coefficient (Wildman–Crippen LogP) is 3.38. The van der Waals surface area contributed by atoms with Crippen LogP contribution in [0, 0.1) is 5.92 Å². The highest BCUT2D eigenvalue weighted by Gasteiger charge is 2.30. The maximum absolute atomic E-state index is 13.7. The molecule has 1 aliphatic rings. The molecule has 2 amide bonds. The van der Waals surface area contributed by atoms with Gasteiger partial charge in [0.05, 0.1) is 39.4 Å². The van der Waals surface area contributed by atoms with Crippen molar-refractivity contribution in [2.24, 2.45) is 5.92 Å². The number of anilines is 1. The first kappa shape index (κ1) is 30.4. The van der Waals surface area contributed by atoms with Crippen molar-refractivity contribution in [2.45, 2.75) is 52.1 Å². The molecule has 0 fully saturated rings. The van der Waals surface area contributed by atoms with Crippen molar-refractivity contribution < 1.29 is 23.8 Å². The van der Waals surface area contributed by atoms with Gasteiger partial charge in [0.2, 0.25) is 23.0 Å². The quantitative estimate of drug-likeness (QED) is 0.272. The number of carbonyl (C=O) groups is 2. The third kappa shape index (κ3) is 6.50. The van der Waals surface area contributed by atoms with E-state index in [0.29, 0.717) is 54.2 Å². The van der Waals surface area contributed by atoms with Gasteiger partial charge in [-0.1, -0.05) is 19.9 Å². The van der Waals surface area contributed by atoms with Gasteiger partial charge in [0.15, 0.2) is 11.5 Å². The van der Waals surface area contributed by atoms with Gasteiger partial charge in [-0.3, -0.25) is 14.4 Å². The van der Waals surface area contributed by atoms with E-state index < -0.39 is 12.1 Å². The molecule has 1 heterocycles. The molecule has 1 aromatic heterocycles. The molecular formula is C31H39N5O6. The van der Waals surface area contributed by atoms with Gasteiger partial charge in [-0.05, 0) is 53.6 Å². The number of rotatable bonds is 11. The molecule has 224 valence electrons. The number of benzene rings is 1. The summed E-state index contributed by atoms with van der Waals surface area (Å²) in [5.74, 6) is 0.908. The number of nitrogens with zero attached hydrogens (tertiary/aromatic N) is 1. The van der Waals surface area contributed by atoms with E-state index in [1.807, 2.05) is 26.0 Å². The number of hydrogen-bond acceptors (Lipinski definition) is 8. The Morgan fingerprint density at radius 3 is 2.48 bits per heavy atom. The Morgan fingerprint density at radius 1 is 1.10 bits per heavy atom. The van der Waals surface area contributed by atoms with Crippen LogP contribution in [0.1, 0.15) is 50.1 Å². The molecule has 2 atom stereocenters. The molecule has 0 bridgehead atoms. The van der Waals surface area contributed by atoms with E-state index >= 15 is 0 Å². The second kappa shape index (κ2) is 13.4. The molecule has 42 heavy (non-hydrogen) atoms. The van der Waals surface area contributed by atoms with Crippen LogP contribution in [0.2, 0.25) is 0 Å². The smallest absolute Gasteiger partial charge is 0.242 e. The fraction of sp³-hybridized carbons (Fsp3) is 0.419. The van der Waals surface area contributed by atoms with Crippen LogP contribution in [-0.4, -0.2) is 55.7 Å². The molecule has 2 aromatic carbocycles. The summed E-state index contributed by atoms with van der Waals surface area (Å²) < 4.78 is 17.1. The zero-order valence-electron chi connectivity index (χ0n) is 24.9. The highest BCUT2D eigenvalue weighted by molar-refractivity contribution is 5.86. The summed E-state index contributed by atoms with van der Waals surface area (Å²) in [5.41, 5.74) is 3.95. The first-order valence-electron chi connectivity index (χ1n) is 14.0. The minimum absolute atomic E-state index is 0.107. The number of nitrogens with one attached hydrogen (secondary N) is 4. The van der Waals surface area contributed by atoms with Crippen LogP contribution < -0.4 is 35.6 Å². The average Bonchev–Trinajstić information content (AvgIpc) is 3.37. The molecule has 4 N–H and O–H groups in total. The Hall–Kier alpha value is -4.54. The van der Waals surface area contributed by atoms with E-state index in [1.54, 1.807) is 39.9 Å².